The number of benzene rings is 1. The first kappa shape index (κ1) is 19.2. The van der Waals surface area contributed by atoms with Gasteiger partial charge in [0.15, 0.2) is 0 Å². The number of rotatable bonds is 7. The van der Waals surface area contributed by atoms with Gasteiger partial charge in [0, 0.05) is 25.2 Å². The lowest BCUT2D eigenvalue weighted by Gasteiger charge is -2.21. The molecular weight excluding hydrogens is 347 g/mol. The number of nitrogens with zero attached hydrogens (tertiary/aromatic N) is 1. The maximum atomic E-state index is 11.9. The molecule has 0 saturated carbocycles. The number of halogens is 2. The Morgan fingerprint density at radius 3 is 2.41 bits per heavy atom. The van der Waals surface area contributed by atoms with Crippen molar-refractivity contribution in [2.24, 2.45) is 5.92 Å². The van der Waals surface area contributed by atoms with Crippen LogP contribution in [0, 0.1) is 5.92 Å². The Morgan fingerprint density at radius 2 is 1.91 bits per heavy atom. The molecule has 124 valence electrons. The summed E-state index contributed by atoms with van der Waals surface area (Å²) in [5, 5.41) is 3.41. The molecule has 0 radical (unpaired) electrons. The highest BCUT2D eigenvalue weighted by Gasteiger charge is 2.19. The Hall–Kier alpha value is -0.820. The molecule has 22 heavy (non-hydrogen) atoms. The van der Waals surface area contributed by atoms with E-state index in [9.17, 15) is 13.2 Å². The standard InChI is InChI=1S/C14H20Cl2N2O3S/c1-10(2)9-18(22(3,20)21)7-6-14(19)17-11-4-5-12(15)13(16)8-11/h4-5,8,10H,6-7,9H2,1-3H3,(H,17,19). The lowest BCUT2D eigenvalue weighted by molar-refractivity contribution is -0.116. The number of carbonyl (C=O) groups excluding carboxylic acids is 1. The van der Waals surface area contributed by atoms with Crippen LogP contribution in [0.1, 0.15) is 20.3 Å². The number of carbonyl (C=O) groups is 1. The van der Waals surface area contributed by atoms with E-state index in [1.165, 1.54) is 4.31 Å². The fourth-order valence-corrected chi connectivity index (χ4v) is 3.11. The van der Waals surface area contributed by atoms with E-state index in [0.29, 0.717) is 22.3 Å². The molecule has 0 saturated heterocycles. The third kappa shape index (κ3) is 6.52. The zero-order valence-electron chi connectivity index (χ0n) is 12.8. The highest BCUT2D eigenvalue weighted by molar-refractivity contribution is 7.88. The Balaban J connectivity index is 2.62. The van der Waals surface area contributed by atoms with E-state index < -0.39 is 10.0 Å². The second-order valence-electron chi connectivity index (χ2n) is 5.44. The third-order valence-corrected chi connectivity index (χ3v) is 4.84. The van der Waals surface area contributed by atoms with E-state index in [2.05, 4.69) is 5.32 Å². The van der Waals surface area contributed by atoms with Crippen molar-refractivity contribution in [3.05, 3.63) is 28.2 Å². The van der Waals surface area contributed by atoms with Gasteiger partial charge < -0.3 is 5.32 Å². The van der Waals surface area contributed by atoms with Gasteiger partial charge in [-0.05, 0) is 24.1 Å². The Morgan fingerprint density at radius 1 is 1.27 bits per heavy atom. The van der Waals surface area contributed by atoms with E-state index in [-0.39, 0.29) is 24.8 Å². The summed E-state index contributed by atoms with van der Waals surface area (Å²) in [7, 11) is -3.33. The Bertz CT molecular complexity index is 633. The average Bonchev–Trinajstić information content (AvgIpc) is 2.37. The summed E-state index contributed by atoms with van der Waals surface area (Å²) < 4.78 is 24.7. The van der Waals surface area contributed by atoms with Crippen molar-refractivity contribution in [2.75, 3.05) is 24.7 Å². The fourth-order valence-electron chi connectivity index (χ4n) is 1.82. The number of hydrogen-bond donors (Lipinski definition) is 1. The van der Waals surface area contributed by atoms with Gasteiger partial charge >= 0.3 is 0 Å². The lowest BCUT2D eigenvalue weighted by Crippen LogP contribution is -2.35. The summed E-state index contributed by atoms with van der Waals surface area (Å²) in [5.41, 5.74) is 0.522. The lowest BCUT2D eigenvalue weighted by atomic mass is 10.2. The molecule has 1 N–H and O–H groups in total. The predicted molar refractivity (Wildman–Crippen MR) is 91.0 cm³/mol. The fraction of sp³-hybridized carbons (Fsp3) is 0.500. The molecule has 8 heteroatoms. The number of amides is 1. The summed E-state index contributed by atoms with van der Waals surface area (Å²) in [4.78, 5) is 11.9. The van der Waals surface area contributed by atoms with Crippen molar-refractivity contribution >= 4 is 44.8 Å². The van der Waals surface area contributed by atoms with Gasteiger partial charge in [0.1, 0.15) is 0 Å². The van der Waals surface area contributed by atoms with Crippen LogP contribution >= 0.6 is 23.2 Å². The van der Waals surface area contributed by atoms with Gasteiger partial charge in [-0.15, -0.1) is 0 Å². The number of hydrogen-bond acceptors (Lipinski definition) is 3. The highest BCUT2D eigenvalue weighted by Crippen LogP contribution is 2.25. The first-order valence-electron chi connectivity index (χ1n) is 6.79. The van der Waals surface area contributed by atoms with Crippen LogP contribution < -0.4 is 5.32 Å². The highest BCUT2D eigenvalue weighted by atomic mass is 35.5. The monoisotopic (exact) mass is 366 g/mol. The van der Waals surface area contributed by atoms with Crippen molar-refractivity contribution in [3.8, 4) is 0 Å². The van der Waals surface area contributed by atoms with Crippen LogP contribution in [0.25, 0.3) is 0 Å². The minimum absolute atomic E-state index is 0.0695. The molecule has 0 spiro atoms. The van der Waals surface area contributed by atoms with Gasteiger partial charge in [-0.25, -0.2) is 12.7 Å². The quantitative estimate of drug-likeness (QED) is 0.805. The van der Waals surface area contributed by atoms with Gasteiger partial charge in [-0.2, -0.15) is 0 Å². The molecule has 1 amide bonds. The van der Waals surface area contributed by atoms with Crippen LogP contribution in [0.2, 0.25) is 10.0 Å². The molecule has 0 heterocycles. The van der Waals surface area contributed by atoms with E-state index in [1.54, 1.807) is 18.2 Å². The summed E-state index contributed by atoms with van der Waals surface area (Å²) in [5.74, 6) is -0.0938. The van der Waals surface area contributed by atoms with Gasteiger partial charge in [0.2, 0.25) is 15.9 Å². The summed E-state index contributed by atoms with van der Waals surface area (Å²) in [6.07, 6.45) is 1.21. The molecule has 0 aliphatic heterocycles. The van der Waals surface area contributed by atoms with E-state index in [0.717, 1.165) is 6.26 Å². The zero-order valence-corrected chi connectivity index (χ0v) is 15.1. The van der Waals surface area contributed by atoms with Crippen molar-refractivity contribution in [1.82, 2.24) is 4.31 Å². The van der Waals surface area contributed by atoms with E-state index in [1.807, 2.05) is 13.8 Å². The number of nitrogens with one attached hydrogen (secondary N) is 1. The van der Waals surface area contributed by atoms with Gasteiger partial charge in [0.05, 0.1) is 16.3 Å². The minimum atomic E-state index is -3.33. The van der Waals surface area contributed by atoms with Gasteiger partial charge in [-0.3, -0.25) is 4.79 Å². The van der Waals surface area contributed by atoms with Crippen LogP contribution in [0.4, 0.5) is 5.69 Å². The Kier molecular flexibility index (Phi) is 7.12. The molecule has 5 nitrogen and oxygen atoms in total. The van der Waals surface area contributed by atoms with Gasteiger partial charge in [-0.1, -0.05) is 37.0 Å². The van der Waals surface area contributed by atoms with Crippen LogP contribution in [0.5, 0.6) is 0 Å². The summed E-state index contributed by atoms with van der Waals surface area (Å²) in [6.45, 7) is 4.38. The molecule has 0 aliphatic rings. The van der Waals surface area contributed by atoms with Crippen molar-refractivity contribution in [2.45, 2.75) is 20.3 Å². The molecule has 1 rings (SSSR count). The molecular formula is C14H20Cl2N2O3S. The molecule has 0 atom stereocenters. The van der Waals surface area contributed by atoms with Crippen molar-refractivity contribution in [3.63, 3.8) is 0 Å². The topological polar surface area (TPSA) is 66.5 Å². The second kappa shape index (κ2) is 8.15. The number of sulfonamides is 1. The predicted octanol–water partition coefficient (Wildman–Crippen LogP) is 3.24. The molecule has 0 bridgehead atoms. The molecule has 1 aromatic rings. The maximum Gasteiger partial charge on any atom is 0.225 e. The maximum absolute atomic E-state index is 11.9. The first-order valence-corrected chi connectivity index (χ1v) is 9.40. The molecule has 0 aliphatic carbocycles. The summed E-state index contributed by atoms with van der Waals surface area (Å²) in [6, 6.07) is 4.76. The first-order chi connectivity index (χ1) is 10.1. The zero-order chi connectivity index (χ0) is 16.9. The number of anilines is 1. The van der Waals surface area contributed by atoms with E-state index in [4.69, 9.17) is 23.2 Å². The van der Waals surface area contributed by atoms with Crippen LogP contribution in [-0.4, -0.2) is 38.0 Å². The summed E-state index contributed by atoms with van der Waals surface area (Å²) >= 11 is 11.7. The SMILES string of the molecule is CC(C)CN(CCC(=O)Nc1ccc(Cl)c(Cl)c1)S(C)(=O)=O. The molecule has 0 aromatic heterocycles. The molecule has 0 fully saturated rings. The second-order valence-corrected chi connectivity index (χ2v) is 8.24. The third-order valence-electron chi connectivity index (χ3n) is 2.83. The largest absolute Gasteiger partial charge is 0.326 e. The molecule has 1 aromatic carbocycles. The van der Waals surface area contributed by atoms with Crippen LogP contribution in [-0.2, 0) is 14.8 Å². The molecule has 0 unspecified atom stereocenters. The normalized spacial score (nSPS) is 12.0. The smallest absolute Gasteiger partial charge is 0.225 e. The van der Waals surface area contributed by atoms with Gasteiger partial charge in [0.25, 0.3) is 0 Å². The average molecular weight is 367 g/mol. The van der Waals surface area contributed by atoms with Crippen molar-refractivity contribution in [1.29, 1.82) is 0 Å². The van der Waals surface area contributed by atoms with Crippen molar-refractivity contribution < 1.29 is 13.2 Å². The van der Waals surface area contributed by atoms with Crippen LogP contribution in [0.3, 0.4) is 0 Å². The minimum Gasteiger partial charge on any atom is -0.326 e. The van der Waals surface area contributed by atoms with E-state index >= 15 is 0 Å². The Labute approximate surface area is 141 Å². The van der Waals surface area contributed by atoms with Crippen LogP contribution in [0.15, 0.2) is 18.2 Å².